The van der Waals surface area contributed by atoms with Crippen molar-refractivity contribution < 1.29 is 4.52 Å². The van der Waals surface area contributed by atoms with E-state index in [1.807, 2.05) is 52.1 Å². The number of aromatic nitrogens is 4. The van der Waals surface area contributed by atoms with Gasteiger partial charge < -0.3 is 9.09 Å². The maximum atomic E-state index is 6.13. The fraction of sp³-hybridized carbons (Fsp3) is 0.458. The summed E-state index contributed by atoms with van der Waals surface area (Å²) in [4.78, 5) is 9.12. The average Bonchev–Trinajstić information content (AvgIpc) is 3.31. The molecule has 1 aromatic carbocycles. The first-order valence-electron chi connectivity index (χ1n) is 10.8. The molecule has 0 N–H and O–H groups in total. The second-order valence-corrected chi connectivity index (χ2v) is 7.49. The summed E-state index contributed by atoms with van der Waals surface area (Å²) in [5.41, 5.74) is 3.66. The van der Waals surface area contributed by atoms with E-state index in [4.69, 9.17) is 16.1 Å². The molecule has 0 unspecified atom stereocenters. The van der Waals surface area contributed by atoms with Gasteiger partial charge in [-0.3, -0.25) is 4.98 Å². The number of nitrogens with zero attached hydrogens (tertiary/aromatic N) is 4. The molecule has 0 amide bonds. The van der Waals surface area contributed by atoms with Crippen LogP contribution in [-0.4, -0.2) is 19.7 Å². The maximum Gasteiger partial charge on any atom is 0.133 e. The Morgan fingerprint density at radius 2 is 1.73 bits per heavy atom. The van der Waals surface area contributed by atoms with Crippen molar-refractivity contribution in [2.45, 2.75) is 66.7 Å². The van der Waals surface area contributed by atoms with Crippen LogP contribution in [0.25, 0.3) is 21.9 Å². The zero-order valence-corrected chi connectivity index (χ0v) is 19.8. The first-order valence-corrected chi connectivity index (χ1v) is 11.2. The predicted octanol–water partition coefficient (Wildman–Crippen LogP) is 7.27. The van der Waals surface area contributed by atoms with E-state index in [1.54, 1.807) is 6.20 Å². The van der Waals surface area contributed by atoms with E-state index in [1.165, 1.54) is 25.7 Å². The van der Waals surface area contributed by atoms with Crippen LogP contribution in [-0.2, 0) is 13.5 Å². The molecule has 5 nitrogen and oxygen atoms in total. The molecule has 4 rings (SSSR count). The van der Waals surface area contributed by atoms with Gasteiger partial charge in [0.15, 0.2) is 0 Å². The lowest BCUT2D eigenvalue weighted by molar-refractivity contribution is 0.391. The van der Waals surface area contributed by atoms with E-state index in [0.717, 1.165) is 39.2 Å². The summed E-state index contributed by atoms with van der Waals surface area (Å²) in [5.74, 6) is 1.71. The molecule has 0 aliphatic carbocycles. The molecule has 30 heavy (non-hydrogen) atoms. The van der Waals surface area contributed by atoms with Crippen LogP contribution in [0.1, 0.15) is 70.7 Å². The van der Waals surface area contributed by atoms with Crippen molar-refractivity contribution in [1.82, 2.24) is 19.7 Å². The monoisotopic (exact) mass is 428 g/mol. The van der Waals surface area contributed by atoms with Gasteiger partial charge in [-0.15, -0.1) is 0 Å². The molecule has 0 spiro atoms. The molecular formula is C24H33ClN4O. The number of unbranched alkanes of at least 4 members (excludes halogenated alkanes) is 3. The highest BCUT2D eigenvalue weighted by Crippen LogP contribution is 2.27. The van der Waals surface area contributed by atoms with E-state index in [0.29, 0.717) is 11.4 Å². The van der Waals surface area contributed by atoms with Gasteiger partial charge >= 0.3 is 0 Å². The average molecular weight is 429 g/mol. The van der Waals surface area contributed by atoms with Crippen molar-refractivity contribution in [3.8, 4) is 0 Å². The highest BCUT2D eigenvalue weighted by atomic mass is 35.5. The van der Waals surface area contributed by atoms with Crippen molar-refractivity contribution in [1.29, 1.82) is 0 Å². The van der Waals surface area contributed by atoms with E-state index >= 15 is 0 Å². The highest BCUT2D eigenvalue weighted by molar-refractivity contribution is 6.31. The van der Waals surface area contributed by atoms with Gasteiger partial charge in [-0.1, -0.05) is 70.1 Å². The standard InChI is InChI=1S/C16H13ClN4O.C6H14.C2H6/c1-9-5-11(20-22-9)7-15-19-14-8-18-13-4-3-10(17)6-12(13)16(14)21(15)2;1-3-5-6-4-2;1-2/h3-6,8H,7H2,1-2H3;3-6H2,1-2H3;1-2H3. The summed E-state index contributed by atoms with van der Waals surface area (Å²) in [6.45, 7) is 10.3. The van der Waals surface area contributed by atoms with Gasteiger partial charge in [0, 0.05) is 23.5 Å². The van der Waals surface area contributed by atoms with Gasteiger partial charge in [0.1, 0.15) is 17.1 Å². The van der Waals surface area contributed by atoms with Gasteiger partial charge in [0.2, 0.25) is 0 Å². The van der Waals surface area contributed by atoms with Crippen molar-refractivity contribution in [2.75, 3.05) is 0 Å². The van der Waals surface area contributed by atoms with Crippen LogP contribution >= 0.6 is 11.6 Å². The molecule has 0 fully saturated rings. The molecule has 0 atom stereocenters. The molecule has 0 aliphatic heterocycles. The van der Waals surface area contributed by atoms with Gasteiger partial charge in [-0.25, -0.2) is 4.98 Å². The lowest BCUT2D eigenvalue weighted by Crippen LogP contribution is -1.99. The molecule has 6 heteroatoms. The summed E-state index contributed by atoms with van der Waals surface area (Å²) in [5, 5.41) is 5.73. The van der Waals surface area contributed by atoms with Crippen LogP contribution in [0.5, 0.6) is 0 Å². The third-order valence-corrected chi connectivity index (χ3v) is 4.96. The second-order valence-electron chi connectivity index (χ2n) is 7.05. The molecule has 162 valence electrons. The van der Waals surface area contributed by atoms with Crippen molar-refractivity contribution in [3.63, 3.8) is 0 Å². The van der Waals surface area contributed by atoms with E-state index in [9.17, 15) is 0 Å². The zero-order valence-electron chi connectivity index (χ0n) is 19.0. The molecular weight excluding hydrogens is 396 g/mol. The van der Waals surface area contributed by atoms with E-state index in [-0.39, 0.29) is 0 Å². The first kappa shape index (κ1) is 23.9. The predicted molar refractivity (Wildman–Crippen MR) is 126 cm³/mol. The SMILES string of the molecule is CC.CCCCCC.Cc1cc(Cc2nc3cnc4ccc(Cl)cc4c3n2C)no1. The van der Waals surface area contributed by atoms with Gasteiger partial charge in [0.05, 0.1) is 29.3 Å². The Balaban J connectivity index is 0.000000348. The first-order chi connectivity index (χ1) is 14.5. The van der Waals surface area contributed by atoms with Crippen LogP contribution in [0.15, 0.2) is 35.0 Å². The van der Waals surface area contributed by atoms with Crippen molar-refractivity contribution in [3.05, 3.63) is 52.8 Å². The number of pyridine rings is 1. The number of benzene rings is 1. The lowest BCUT2D eigenvalue weighted by atomic mass is 10.2. The molecule has 0 saturated carbocycles. The summed E-state index contributed by atoms with van der Waals surface area (Å²) in [6, 6.07) is 7.62. The minimum atomic E-state index is 0.616. The Labute approximate surface area is 184 Å². The van der Waals surface area contributed by atoms with E-state index < -0.39 is 0 Å². The van der Waals surface area contributed by atoms with Gasteiger partial charge in [0.25, 0.3) is 0 Å². The maximum absolute atomic E-state index is 6.13. The van der Waals surface area contributed by atoms with Crippen LogP contribution in [0.2, 0.25) is 5.02 Å². The lowest BCUT2D eigenvalue weighted by Gasteiger charge is -2.03. The second kappa shape index (κ2) is 11.7. The Hall–Kier alpha value is -2.40. The highest BCUT2D eigenvalue weighted by Gasteiger charge is 2.14. The van der Waals surface area contributed by atoms with Gasteiger partial charge in [-0.05, 0) is 25.1 Å². The Morgan fingerprint density at radius 1 is 1.03 bits per heavy atom. The normalized spacial score (nSPS) is 10.5. The fourth-order valence-corrected chi connectivity index (χ4v) is 3.41. The molecule has 0 aliphatic rings. The van der Waals surface area contributed by atoms with Crippen LogP contribution in [0, 0.1) is 6.92 Å². The Kier molecular flexibility index (Phi) is 9.31. The third-order valence-electron chi connectivity index (χ3n) is 4.73. The summed E-state index contributed by atoms with van der Waals surface area (Å²) < 4.78 is 7.19. The number of aryl methyl sites for hydroxylation is 2. The number of imidazole rings is 1. The molecule has 4 aromatic rings. The number of hydrogen-bond acceptors (Lipinski definition) is 4. The third kappa shape index (κ3) is 5.82. The van der Waals surface area contributed by atoms with Crippen LogP contribution in [0.4, 0.5) is 0 Å². The summed E-state index contributed by atoms with van der Waals surface area (Å²) in [7, 11) is 2.00. The quantitative estimate of drug-likeness (QED) is 0.313. The topological polar surface area (TPSA) is 56.7 Å². The van der Waals surface area contributed by atoms with Crippen LogP contribution < -0.4 is 0 Å². The molecule has 3 heterocycles. The fourth-order valence-electron chi connectivity index (χ4n) is 3.24. The number of fused-ring (bicyclic) bond motifs is 3. The molecule has 0 saturated heterocycles. The molecule has 0 radical (unpaired) electrons. The molecule has 3 aromatic heterocycles. The summed E-state index contributed by atoms with van der Waals surface area (Å²) in [6.07, 6.45) is 7.95. The Morgan fingerprint density at radius 3 is 2.33 bits per heavy atom. The van der Waals surface area contributed by atoms with Crippen molar-refractivity contribution in [2.24, 2.45) is 7.05 Å². The zero-order chi connectivity index (χ0) is 22.1. The Bertz CT molecular complexity index is 1060. The largest absolute Gasteiger partial charge is 0.361 e. The smallest absolute Gasteiger partial charge is 0.133 e. The minimum absolute atomic E-state index is 0.616. The van der Waals surface area contributed by atoms with Crippen LogP contribution in [0.3, 0.4) is 0 Å². The minimum Gasteiger partial charge on any atom is -0.361 e. The number of halogens is 1. The number of hydrogen-bond donors (Lipinski definition) is 0. The van der Waals surface area contributed by atoms with Gasteiger partial charge in [-0.2, -0.15) is 0 Å². The molecule has 0 bridgehead atoms. The summed E-state index contributed by atoms with van der Waals surface area (Å²) >= 11 is 6.13. The van der Waals surface area contributed by atoms with E-state index in [2.05, 4.69) is 33.5 Å². The number of rotatable bonds is 5. The van der Waals surface area contributed by atoms with Crippen molar-refractivity contribution >= 4 is 33.5 Å².